The summed E-state index contributed by atoms with van der Waals surface area (Å²) in [5, 5.41) is 11.1. The van der Waals surface area contributed by atoms with Crippen LogP contribution in [0.15, 0.2) is 6.07 Å². The van der Waals surface area contributed by atoms with Crippen LogP contribution in [-0.2, 0) is 6.67 Å². The van der Waals surface area contributed by atoms with Gasteiger partial charge in [0.2, 0.25) is 5.82 Å². The van der Waals surface area contributed by atoms with E-state index in [-0.39, 0.29) is 21.9 Å². The number of fused-ring (bicyclic) bond motifs is 1. The molecular formula is C7H5FN4O2S. The Labute approximate surface area is 87.4 Å². The minimum absolute atomic E-state index is 0.0487. The number of rotatable bonds is 2. The first-order valence-corrected chi connectivity index (χ1v) is 4.30. The summed E-state index contributed by atoms with van der Waals surface area (Å²) in [6.07, 6.45) is 0. The molecule has 2 aromatic heterocycles. The first kappa shape index (κ1) is 9.71. The summed E-state index contributed by atoms with van der Waals surface area (Å²) in [5.41, 5.74) is 0.128. The number of carboxylic acids is 1. The number of halogens is 1. The number of alkyl halides is 1. The number of H-pyrrole nitrogens is 1. The maximum absolute atomic E-state index is 12.3. The van der Waals surface area contributed by atoms with E-state index in [2.05, 4.69) is 15.1 Å². The third-order valence-corrected chi connectivity index (χ3v) is 2.02. The molecule has 0 aliphatic carbocycles. The van der Waals surface area contributed by atoms with Gasteiger partial charge in [-0.2, -0.15) is 4.98 Å². The minimum atomic E-state index is -1.23. The molecule has 0 aromatic carbocycles. The predicted molar refractivity (Wildman–Crippen MR) is 49.9 cm³/mol. The summed E-state index contributed by atoms with van der Waals surface area (Å²) in [6.45, 7) is -0.768. The minimum Gasteiger partial charge on any atom is -0.475 e. The van der Waals surface area contributed by atoms with Crippen molar-refractivity contribution in [3.63, 3.8) is 0 Å². The third-order valence-electron chi connectivity index (χ3n) is 1.72. The molecule has 0 radical (unpaired) electrons. The Bertz CT molecular complexity index is 590. The van der Waals surface area contributed by atoms with Crippen molar-refractivity contribution < 1.29 is 14.3 Å². The summed E-state index contributed by atoms with van der Waals surface area (Å²) < 4.78 is 13.8. The fraction of sp³-hybridized carbons (Fsp3) is 0.143. The molecule has 0 aliphatic heterocycles. The quantitative estimate of drug-likeness (QED) is 0.748. The number of nitrogens with one attached hydrogen (secondary N) is 1. The molecule has 0 atom stereocenters. The normalized spacial score (nSPS) is 10.7. The van der Waals surface area contributed by atoms with Crippen molar-refractivity contribution in [1.29, 1.82) is 0 Å². The molecule has 2 rings (SSSR count). The molecule has 2 heterocycles. The largest absolute Gasteiger partial charge is 0.475 e. The molecule has 0 unspecified atom stereocenters. The molecule has 15 heavy (non-hydrogen) atoms. The fourth-order valence-electron chi connectivity index (χ4n) is 1.09. The number of hydrogen-bond acceptors (Lipinski definition) is 4. The lowest BCUT2D eigenvalue weighted by Gasteiger charge is -1.94. The van der Waals surface area contributed by atoms with Crippen molar-refractivity contribution in [3.8, 4) is 0 Å². The average molecular weight is 228 g/mol. The molecule has 2 N–H and O–H groups in total. The Balaban J connectivity index is 2.75. The van der Waals surface area contributed by atoms with Gasteiger partial charge in [-0.25, -0.2) is 18.7 Å². The smallest absolute Gasteiger partial charge is 0.373 e. The molecule has 6 nitrogen and oxygen atoms in total. The van der Waals surface area contributed by atoms with Gasteiger partial charge in [0.25, 0.3) is 5.78 Å². The fourth-order valence-corrected chi connectivity index (χ4v) is 1.35. The summed E-state index contributed by atoms with van der Waals surface area (Å²) in [6, 6.07) is 1.34. The van der Waals surface area contributed by atoms with Crippen LogP contribution in [0.3, 0.4) is 0 Å². The maximum atomic E-state index is 12.3. The lowest BCUT2D eigenvalue weighted by Crippen LogP contribution is -1.99. The van der Waals surface area contributed by atoms with Gasteiger partial charge < -0.3 is 5.11 Å². The van der Waals surface area contributed by atoms with E-state index in [1.807, 2.05) is 0 Å². The van der Waals surface area contributed by atoms with Crippen molar-refractivity contribution in [3.05, 3.63) is 22.2 Å². The van der Waals surface area contributed by atoms with Gasteiger partial charge in [-0.15, -0.1) is 0 Å². The third kappa shape index (κ3) is 1.59. The first-order valence-electron chi connectivity index (χ1n) is 3.90. The van der Waals surface area contributed by atoms with Gasteiger partial charge in [0.05, 0.1) is 5.69 Å². The van der Waals surface area contributed by atoms with Crippen molar-refractivity contribution in [2.45, 2.75) is 6.67 Å². The predicted octanol–water partition coefficient (Wildman–Crippen LogP) is 0.955. The van der Waals surface area contributed by atoms with Crippen LogP contribution in [0.1, 0.15) is 16.3 Å². The highest BCUT2D eigenvalue weighted by molar-refractivity contribution is 7.71. The molecule has 0 saturated carbocycles. The number of nitrogens with zero attached hydrogens (tertiary/aromatic N) is 3. The van der Waals surface area contributed by atoms with E-state index in [1.165, 1.54) is 10.6 Å². The van der Waals surface area contributed by atoms with Gasteiger partial charge in [-0.3, -0.25) is 5.10 Å². The average Bonchev–Trinajstić information content (AvgIpc) is 2.61. The highest BCUT2D eigenvalue weighted by Crippen LogP contribution is 2.04. The molecule has 78 valence electrons. The van der Waals surface area contributed by atoms with E-state index in [4.69, 9.17) is 17.3 Å². The van der Waals surface area contributed by atoms with Crippen LogP contribution in [0.4, 0.5) is 4.39 Å². The summed E-state index contributed by atoms with van der Waals surface area (Å²) >= 11 is 4.90. The van der Waals surface area contributed by atoms with Gasteiger partial charge in [0, 0.05) is 0 Å². The monoisotopic (exact) mass is 228 g/mol. The van der Waals surface area contributed by atoms with Crippen LogP contribution in [0.25, 0.3) is 5.78 Å². The van der Waals surface area contributed by atoms with E-state index < -0.39 is 12.6 Å². The highest BCUT2D eigenvalue weighted by Gasteiger charge is 2.11. The molecule has 0 spiro atoms. The number of aromatic carboxylic acids is 1. The van der Waals surface area contributed by atoms with Crippen LogP contribution in [-0.4, -0.2) is 30.7 Å². The maximum Gasteiger partial charge on any atom is 0.373 e. The lowest BCUT2D eigenvalue weighted by atomic mass is 10.4. The molecule has 8 heteroatoms. The zero-order chi connectivity index (χ0) is 11.0. The molecule has 0 fully saturated rings. The molecular weight excluding hydrogens is 223 g/mol. The Kier molecular flexibility index (Phi) is 2.19. The van der Waals surface area contributed by atoms with Crippen LogP contribution in [0.2, 0.25) is 0 Å². The number of aromatic nitrogens is 4. The molecule has 0 bridgehead atoms. The Morgan fingerprint density at radius 3 is 3.00 bits per heavy atom. The molecule has 0 aliphatic rings. The van der Waals surface area contributed by atoms with Gasteiger partial charge in [0.1, 0.15) is 11.3 Å². The van der Waals surface area contributed by atoms with Crippen LogP contribution in [0, 0.1) is 4.64 Å². The number of aromatic amines is 1. The second-order valence-corrected chi connectivity index (χ2v) is 3.15. The second kappa shape index (κ2) is 3.39. The van der Waals surface area contributed by atoms with Gasteiger partial charge in [-0.05, 0) is 6.07 Å². The molecule has 0 saturated heterocycles. The second-order valence-electron chi connectivity index (χ2n) is 2.73. The Hall–Kier alpha value is -1.83. The number of carbonyl (C=O) groups is 1. The zero-order valence-corrected chi connectivity index (χ0v) is 8.08. The molecule has 0 amide bonds. The van der Waals surface area contributed by atoms with E-state index in [0.717, 1.165) is 0 Å². The van der Waals surface area contributed by atoms with E-state index in [0.29, 0.717) is 0 Å². The van der Waals surface area contributed by atoms with Gasteiger partial charge in [0.15, 0.2) is 0 Å². The zero-order valence-electron chi connectivity index (χ0n) is 7.27. The molecule has 2 aromatic rings. The summed E-state index contributed by atoms with van der Waals surface area (Å²) in [7, 11) is 0. The SMILES string of the molecule is O=C(O)c1nc2nc(CF)cc(=S)n2[nH]1. The Morgan fingerprint density at radius 1 is 1.67 bits per heavy atom. The topological polar surface area (TPSA) is 83.3 Å². The van der Waals surface area contributed by atoms with Gasteiger partial charge in [-0.1, -0.05) is 12.2 Å². The first-order chi connectivity index (χ1) is 7.11. The van der Waals surface area contributed by atoms with Crippen LogP contribution in [0.5, 0.6) is 0 Å². The van der Waals surface area contributed by atoms with E-state index in [1.54, 1.807) is 0 Å². The summed E-state index contributed by atoms with van der Waals surface area (Å²) in [4.78, 5) is 18.0. The van der Waals surface area contributed by atoms with Crippen molar-refractivity contribution in [2.24, 2.45) is 0 Å². The summed E-state index contributed by atoms with van der Waals surface area (Å²) in [5.74, 6) is -1.46. The van der Waals surface area contributed by atoms with Crippen LogP contribution < -0.4 is 0 Å². The van der Waals surface area contributed by atoms with Crippen molar-refractivity contribution in [2.75, 3.05) is 0 Å². The van der Waals surface area contributed by atoms with Crippen LogP contribution >= 0.6 is 12.2 Å². The lowest BCUT2D eigenvalue weighted by molar-refractivity contribution is 0.0684. The highest BCUT2D eigenvalue weighted by atomic mass is 32.1. The van der Waals surface area contributed by atoms with Crippen molar-refractivity contribution >= 4 is 24.0 Å². The van der Waals surface area contributed by atoms with E-state index in [9.17, 15) is 9.18 Å². The number of hydrogen-bond donors (Lipinski definition) is 2. The van der Waals surface area contributed by atoms with Crippen molar-refractivity contribution in [1.82, 2.24) is 19.6 Å². The van der Waals surface area contributed by atoms with Gasteiger partial charge >= 0.3 is 5.97 Å². The van der Waals surface area contributed by atoms with E-state index >= 15 is 0 Å². The Morgan fingerprint density at radius 2 is 2.40 bits per heavy atom. The standard InChI is InChI=1S/C7H5FN4O2S/c8-2-3-1-4(15)12-7(9-3)10-5(11-12)6(13)14/h1H,2H2,(H,13,14)(H,9,10,11). The number of carboxylic acid groups (broad SMARTS) is 1.